The second kappa shape index (κ2) is 9.57. The summed E-state index contributed by atoms with van der Waals surface area (Å²) in [5, 5.41) is 5.66. The largest absolute Gasteiger partial charge is 0.378 e. The molecule has 0 spiro atoms. The van der Waals surface area contributed by atoms with Gasteiger partial charge in [-0.25, -0.2) is 4.79 Å². The molecule has 2 aliphatic rings. The van der Waals surface area contributed by atoms with Gasteiger partial charge in [-0.15, -0.1) is 0 Å². The van der Waals surface area contributed by atoms with E-state index in [1.54, 1.807) is 24.3 Å². The molecule has 6 nitrogen and oxygen atoms in total. The molecule has 2 aliphatic heterocycles. The van der Waals surface area contributed by atoms with Crippen molar-refractivity contribution in [3.05, 3.63) is 29.8 Å². The quantitative estimate of drug-likeness (QED) is 0.846. The number of benzene rings is 1. The molecule has 0 aromatic heterocycles. The van der Waals surface area contributed by atoms with Crippen LogP contribution in [-0.4, -0.2) is 49.2 Å². The molecular weight excluding hydrogens is 330 g/mol. The monoisotopic (exact) mass is 359 g/mol. The highest BCUT2D eigenvalue weighted by molar-refractivity contribution is 5.95. The van der Waals surface area contributed by atoms with E-state index in [4.69, 9.17) is 4.74 Å². The number of carbonyl (C=O) groups is 2. The molecule has 26 heavy (non-hydrogen) atoms. The lowest BCUT2D eigenvalue weighted by molar-refractivity contribution is 0.0761. The second-order valence-electron chi connectivity index (χ2n) is 7.09. The molecule has 0 radical (unpaired) electrons. The van der Waals surface area contributed by atoms with Crippen LogP contribution in [0.5, 0.6) is 0 Å². The third-order valence-electron chi connectivity index (χ3n) is 5.06. The molecule has 3 rings (SSSR count). The summed E-state index contributed by atoms with van der Waals surface area (Å²) in [7, 11) is 0. The Bertz CT molecular complexity index is 589. The van der Waals surface area contributed by atoms with Crippen molar-refractivity contribution in [2.45, 2.75) is 51.0 Å². The van der Waals surface area contributed by atoms with Gasteiger partial charge in [0, 0.05) is 37.5 Å². The van der Waals surface area contributed by atoms with Gasteiger partial charge in [0.25, 0.3) is 5.91 Å². The molecule has 2 saturated heterocycles. The number of anilines is 1. The molecule has 0 bridgehead atoms. The van der Waals surface area contributed by atoms with Gasteiger partial charge in [0.15, 0.2) is 0 Å². The van der Waals surface area contributed by atoms with E-state index in [1.807, 2.05) is 4.90 Å². The maximum absolute atomic E-state index is 12.6. The SMILES string of the molecule is O=C(NCCC1CCCO1)Nc1ccc(C(=O)N2CCCCCC2)cc1. The first-order valence-corrected chi connectivity index (χ1v) is 9.78. The Kier molecular flexibility index (Phi) is 6.89. The maximum atomic E-state index is 12.6. The van der Waals surface area contributed by atoms with Crippen LogP contribution in [0.3, 0.4) is 0 Å². The molecule has 6 heteroatoms. The topological polar surface area (TPSA) is 70.7 Å². The summed E-state index contributed by atoms with van der Waals surface area (Å²) in [6.45, 7) is 3.11. The van der Waals surface area contributed by atoms with Gasteiger partial charge in [-0.3, -0.25) is 4.79 Å². The maximum Gasteiger partial charge on any atom is 0.319 e. The first kappa shape index (κ1) is 18.7. The van der Waals surface area contributed by atoms with E-state index >= 15 is 0 Å². The zero-order valence-electron chi connectivity index (χ0n) is 15.3. The van der Waals surface area contributed by atoms with Crippen LogP contribution in [0.2, 0.25) is 0 Å². The fraction of sp³-hybridized carbons (Fsp3) is 0.600. The zero-order valence-corrected chi connectivity index (χ0v) is 15.3. The molecule has 0 aliphatic carbocycles. The van der Waals surface area contributed by atoms with Crippen molar-refractivity contribution in [2.24, 2.45) is 0 Å². The minimum absolute atomic E-state index is 0.0828. The molecule has 0 saturated carbocycles. The lowest BCUT2D eigenvalue weighted by atomic mass is 10.1. The van der Waals surface area contributed by atoms with E-state index in [-0.39, 0.29) is 18.0 Å². The standard InChI is InChI=1S/C20H29N3O3/c24-19(23-13-3-1-2-4-14-23)16-7-9-17(10-8-16)22-20(25)21-12-11-18-6-5-15-26-18/h7-10,18H,1-6,11-15H2,(H2,21,22,25). The predicted molar refractivity (Wildman–Crippen MR) is 101 cm³/mol. The van der Waals surface area contributed by atoms with Crippen molar-refractivity contribution in [1.29, 1.82) is 0 Å². The molecule has 1 aromatic carbocycles. The van der Waals surface area contributed by atoms with E-state index in [2.05, 4.69) is 10.6 Å². The number of nitrogens with zero attached hydrogens (tertiary/aromatic N) is 1. The highest BCUT2D eigenvalue weighted by atomic mass is 16.5. The van der Waals surface area contributed by atoms with Gasteiger partial charge in [-0.2, -0.15) is 0 Å². The Morgan fingerprint density at radius 2 is 1.77 bits per heavy atom. The summed E-state index contributed by atoms with van der Waals surface area (Å²) >= 11 is 0. The number of hydrogen-bond donors (Lipinski definition) is 2. The molecule has 2 heterocycles. The Labute approximate surface area is 155 Å². The zero-order chi connectivity index (χ0) is 18.2. The molecule has 1 unspecified atom stereocenters. The minimum Gasteiger partial charge on any atom is -0.378 e. The van der Waals surface area contributed by atoms with E-state index in [1.165, 1.54) is 12.8 Å². The summed E-state index contributed by atoms with van der Waals surface area (Å²) in [5.41, 5.74) is 1.36. The Morgan fingerprint density at radius 1 is 1.04 bits per heavy atom. The molecule has 2 N–H and O–H groups in total. The molecule has 142 valence electrons. The van der Waals surface area contributed by atoms with Gasteiger partial charge < -0.3 is 20.3 Å². The Balaban J connectivity index is 1.44. The van der Waals surface area contributed by atoms with Crippen molar-refractivity contribution in [3.63, 3.8) is 0 Å². The smallest absolute Gasteiger partial charge is 0.319 e. The first-order valence-electron chi connectivity index (χ1n) is 9.78. The molecule has 2 fully saturated rings. The molecular formula is C20H29N3O3. The first-order chi connectivity index (χ1) is 12.7. The molecule has 3 amide bonds. The number of ether oxygens (including phenoxy) is 1. The Hall–Kier alpha value is -2.08. The van der Waals surface area contributed by atoms with Gasteiger partial charge >= 0.3 is 6.03 Å². The van der Waals surface area contributed by atoms with E-state index < -0.39 is 0 Å². The molecule has 1 aromatic rings. The van der Waals surface area contributed by atoms with Crippen LogP contribution in [-0.2, 0) is 4.74 Å². The van der Waals surface area contributed by atoms with Crippen molar-refractivity contribution < 1.29 is 14.3 Å². The third-order valence-corrected chi connectivity index (χ3v) is 5.06. The van der Waals surface area contributed by atoms with Crippen molar-refractivity contribution in [3.8, 4) is 0 Å². The van der Waals surface area contributed by atoms with Gasteiger partial charge in [0.2, 0.25) is 0 Å². The number of nitrogens with one attached hydrogen (secondary N) is 2. The van der Waals surface area contributed by atoms with Crippen LogP contribution < -0.4 is 10.6 Å². The summed E-state index contributed by atoms with van der Waals surface area (Å²) in [6, 6.07) is 6.91. The van der Waals surface area contributed by atoms with Crippen molar-refractivity contribution >= 4 is 17.6 Å². The van der Waals surface area contributed by atoms with E-state index in [0.29, 0.717) is 17.8 Å². The number of amides is 3. The van der Waals surface area contributed by atoms with Crippen LogP contribution in [0.15, 0.2) is 24.3 Å². The lowest BCUT2D eigenvalue weighted by Gasteiger charge is -2.20. The summed E-state index contributed by atoms with van der Waals surface area (Å²) in [4.78, 5) is 26.5. The number of urea groups is 1. The number of likely N-dealkylation sites (tertiary alicyclic amines) is 1. The normalized spacial score (nSPS) is 20.5. The minimum atomic E-state index is -0.227. The van der Waals surface area contributed by atoms with E-state index in [0.717, 1.165) is 51.8 Å². The lowest BCUT2D eigenvalue weighted by Crippen LogP contribution is -2.32. The van der Waals surface area contributed by atoms with Crippen molar-refractivity contribution in [1.82, 2.24) is 10.2 Å². The summed E-state index contributed by atoms with van der Waals surface area (Å²) < 4.78 is 5.54. The average molecular weight is 359 g/mol. The highest BCUT2D eigenvalue weighted by Gasteiger charge is 2.17. The third kappa shape index (κ3) is 5.46. The van der Waals surface area contributed by atoms with Crippen molar-refractivity contribution in [2.75, 3.05) is 31.6 Å². The Morgan fingerprint density at radius 3 is 2.42 bits per heavy atom. The summed E-state index contributed by atoms with van der Waals surface area (Å²) in [6.07, 6.45) is 7.88. The predicted octanol–water partition coefficient (Wildman–Crippen LogP) is 3.39. The molecule has 1 atom stereocenters. The number of hydrogen-bond acceptors (Lipinski definition) is 3. The fourth-order valence-electron chi connectivity index (χ4n) is 3.55. The highest BCUT2D eigenvalue weighted by Crippen LogP contribution is 2.16. The van der Waals surface area contributed by atoms with Gasteiger partial charge in [-0.05, 0) is 56.4 Å². The van der Waals surface area contributed by atoms with Gasteiger partial charge in [-0.1, -0.05) is 12.8 Å². The van der Waals surface area contributed by atoms with Crippen LogP contribution in [0.4, 0.5) is 10.5 Å². The van der Waals surface area contributed by atoms with Crippen LogP contribution >= 0.6 is 0 Å². The number of rotatable bonds is 5. The average Bonchev–Trinajstić information content (AvgIpc) is 3.02. The van der Waals surface area contributed by atoms with Gasteiger partial charge in [0.05, 0.1) is 6.10 Å². The van der Waals surface area contributed by atoms with Gasteiger partial charge in [0.1, 0.15) is 0 Å². The summed E-state index contributed by atoms with van der Waals surface area (Å²) in [5.74, 6) is 0.0828. The second-order valence-corrected chi connectivity index (χ2v) is 7.09. The van der Waals surface area contributed by atoms with Crippen LogP contribution in [0, 0.1) is 0 Å². The van der Waals surface area contributed by atoms with Crippen LogP contribution in [0.25, 0.3) is 0 Å². The van der Waals surface area contributed by atoms with Crippen LogP contribution in [0.1, 0.15) is 55.3 Å². The fourth-order valence-corrected chi connectivity index (χ4v) is 3.55. The van der Waals surface area contributed by atoms with E-state index in [9.17, 15) is 9.59 Å². The number of carbonyl (C=O) groups excluding carboxylic acids is 2.